The molecule has 1 N–H and O–H groups in total. The number of hydrogen-bond donors (Lipinski definition) is 1. The van der Waals surface area contributed by atoms with Gasteiger partial charge in [0.15, 0.2) is 11.5 Å². The maximum atomic E-state index is 12.4. The fourth-order valence-corrected chi connectivity index (χ4v) is 2.15. The maximum Gasteiger partial charge on any atom is 0.454 e. The van der Waals surface area contributed by atoms with Crippen LogP contribution < -0.4 is 9.47 Å². The Bertz CT molecular complexity index is 721. The van der Waals surface area contributed by atoms with Gasteiger partial charge in [-0.1, -0.05) is 24.3 Å². The van der Waals surface area contributed by atoms with E-state index in [1.165, 1.54) is 38.5 Å². The van der Waals surface area contributed by atoms with Crippen molar-refractivity contribution in [1.29, 1.82) is 0 Å². The Labute approximate surface area is 130 Å². The third-order valence-electron chi connectivity index (χ3n) is 3.22. The molecule has 0 radical (unpaired) electrons. The van der Waals surface area contributed by atoms with E-state index < -0.39 is 17.5 Å². The fourth-order valence-electron chi connectivity index (χ4n) is 2.15. The predicted octanol–water partition coefficient (Wildman–Crippen LogP) is 3.82. The Kier molecular flexibility index (Phi) is 4.49. The molecular formula is C16H13F3O4. The van der Waals surface area contributed by atoms with Gasteiger partial charge < -0.3 is 14.6 Å². The lowest BCUT2D eigenvalue weighted by molar-refractivity contribution is -0.0885. The smallest absolute Gasteiger partial charge is 0.454 e. The summed E-state index contributed by atoms with van der Waals surface area (Å²) in [4.78, 5) is 11.2. The number of phenolic OH excluding ortho intramolecular Hbond substituents is 1. The summed E-state index contributed by atoms with van der Waals surface area (Å²) in [6.07, 6.45) is -4.93. The normalized spacial score (nSPS) is 11.2. The maximum absolute atomic E-state index is 12.4. The molecule has 23 heavy (non-hydrogen) atoms. The van der Waals surface area contributed by atoms with Crippen LogP contribution in [0.25, 0.3) is 11.1 Å². The van der Waals surface area contributed by atoms with Crippen LogP contribution in [0.3, 0.4) is 0 Å². The minimum absolute atomic E-state index is 0.127. The topological polar surface area (TPSA) is 55.8 Å². The summed E-state index contributed by atoms with van der Waals surface area (Å²) in [7, 11) is 2.80. The van der Waals surface area contributed by atoms with Gasteiger partial charge in [0.05, 0.1) is 19.8 Å². The van der Waals surface area contributed by atoms with E-state index in [2.05, 4.69) is 0 Å². The summed E-state index contributed by atoms with van der Waals surface area (Å²) in [5.74, 6) is -1.46. The summed E-state index contributed by atoms with van der Waals surface area (Å²) in [6, 6.07) is 7.57. The van der Waals surface area contributed by atoms with Crippen LogP contribution in [0.4, 0.5) is 13.2 Å². The average molecular weight is 326 g/mol. The molecule has 0 aliphatic rings. The number of alkyl halides is 3. The van der Waals surface area contributed by atoms with Crippen LogP contribution in [0.1, 0.15) is 10.4 Å². The number of halogens is 3. The minimum atomic E-state index is -4.93. The summed E-state index contributed by atoms with van der Waals surface area (Å²) in [6.45, 7) is 0. The first kappa shape index (κ1) is 16.7. The van der Waals surface area contributed by atoms with Crippen molar-refractivity contribution in [3.8, 4) is 28.4 Å². The third-order valence-corrected chi connectivity index (χ3v) is 3.22. The number of carbonyl (C=O) groups is 1. The van der Waals surface area contributed by atoms with E-state index in [0.717, 1.165) is 12.1 Å². The van der Waals surface area contributed by atoms with Crippen LogP contribution in [-0.4, -0.2) is 31.3 Å². The SMILES string of the molecule is COc1ccc(O)c(-c2ccc(C(=O)C(F)(F)F)cc2)c1OC. The first-order chi connectivity index (χ1) is 10.8. The second kappa shape index (κ2) is 6.20. The molecule has 0 heterocycles. The first-order valence-corrected chi connectivity index (χ1v) is 6.45. The lowest BCUT2D eigenvalue weighted by Gasteiger charge is -2.14. The van der Waals surface area contributed by atoms with Crippen LogP contribution in [-0.2, 0) is 0 Å². The molecule has 0 aliphatic heterocycles. The number of Topliss-reactive ketones (excluding diaryl/α,β-unsaturated/α-hetero) is 1. The van der Waals surface area contributed by atoms with Gasteiger partial charge in [0.2, 0.25) is 0 Å². The van der Waals surface area contributed by atoms with E-state index in [0.29, 0.717) is 11.3 Å². The fraction of sp³-hybridized carbons (Fsp3) is 0.188. The highest BCUT2D eigenvalue weighted by molar-refractivity contribution is 6.00. The summed E-state index contributed by atoms with van der Waals surface area (Å²) >= 11 is 0. The van der Waals surface area contributed by atoms with E-state index in [1.807, 2.05) is 0 Å². The van der Waals surface area contributed by atoms with Crippen LogP contribution in [0.15, 0.2) is 36.4 Å². The largest absolute Gasteiger partial charge is 0.507 e. The molecule has 0 bridgehead atoms. The van der Waals surface area contributed by atoms with E-state index in [-0.39, 0.29) is 17.1 Å². The lowest BCUT2D eigenvalue weighted by atomic mass is 10.00. The number of carbonyl (C=O) groups excluding carboxylic acids is 1. The second-order valence-corrected chi connectivity index (χ2v) is 4.60. The van der Waals surface area contributed by atoms with Crippen LogP contribution in [0.5, 0.6) is 17.2 Å². The monoisotopic (exact) mass is 326 g/mol. The van der Waals surface area contributed by atoms with Crippen LogP contribution in [0, 0.1) is 0 Å². The molecule has 0 aromatic heterocycles. The van der Waals surface area contributed by atoms with E-state index in [4.69, 9.17) is 9.47 Å². The highest BCUT2D eigenvalue weighted by Gasteiger charge is 2.39. The molecule has 7 heteroatoms. The number of ketones is 1. The van der Waals surface area contributed by atoms with E-state index in [9.17, 15) is 23.1 Å². The van der Waals surface area contributed by atoms with Crippen molar-refractivity contribution in [2.45, 2.75) is 6.18 Å². The molecule has 2 rings (SSSR count). The number of aromatic hydroxyl groups is 1. The number of benzene rings is 2. The first-order valence-electron chi connectivity index (χ1n) is 6.45. The zero-order chi connectivity index (χ0) is 17.2. The Morgan fingerprint density at radius 1 is 1.00 bits per heavy atom. The van der Waals surface area contributed by atoms with Gasteiger partial charge in [-0.05, 0) is 17.7 Å². The van der Waals surface area contributed by atoms with Crippen molar-refractivity contribution in [1.82, 2.24) is 0 Å². The van der Waals surface area contributed by atoms with Crippen LogP contribution in [0.2, 0.25) is 0 Å². The van der Waals surface area contributed by atoms with Gasteiger partial charge in [0, 0.05) is 5.56 Å². The molecule has 0 saturated heterocycles. The summed E-state index contributed by atoms with van der Waals surface area (Å²) < 4.78 is 47.6. The predicted molar refractivity (Wildman–Crippen MR) is 77.0 cm³/mol. The summed E-state index contributed by atoms with van der Waals surface area (Å²) in [5.41, 5.74) is 0.164. The molecule has 0 unspecified atom stereocenters. The van der Waals surface area contributed by atoms with Gasteiger partial charge in [0.1, 0.15) is 5.75 Å². The van der Waals surface area contributed by atoms with Gasteiger partial charge in [-0.3, -0.25) is 4.79 Å². The highest BCUT2D eigenvalue weighted by atomic mass is 19.4. The van der Waals surface area contributed by atoms with Crippen molar-refractivity contribution in [2.75, 3.05) is 14.2 Å². The molecule has 0 spiro atoms. The van der Waals surface area contributed by atoms with Crippen molar-refractivity contribution < 1.29 is 32.5 Å². The van der Waals surface area contributed by atoms with Crippen molar-refractivity contribution >= 4 is 5.78 Å². The molecule has 0 atom stereocenters. The number of ether oxygens (including phenoxy) is 2. The van der Waals surface area contributed by atoms with Gasteiger partial charge >= 0.3 is 6.18 Å². The number of hydrogen-bond acceptors (Lipinski definition) is 4. The quantitative estimate of drug-likeness (QED) is 0.868. The Balaban J connectivity index is 2.50. The van der Waals surface area contributed by atoms with Gasteiger partial charge in [-0.25, -0.2) is 0 Å². The van der Waals surface area contributed by atoms with Gasteiger partial charge in [-0.2, -0.15) is 13.2 Å². The second-order valence-electron chi connectivity index (χ2n) is 4.60. The zero-order valence-electron chi connectivity index (χ0n) is 12.3. The Morgan fingerprint density at radius 3 is 2.09 bits per heavy atom. The molecular weight excluding hydrogens is 313 g/mol. The third kappa shape index (κ3) is 3.23. The Morgan fingerprint density at radius 2 is 1.61 bits per heavy atom. The minimum Gasteiger partial charge on any atom is -0.507 e. The number of methoxy groups -OCH3 is 2. The van der Waals surface area contributed by atoms with Gasteiger partial charge in [0.25, 0.3) is 5.78 Å². The molecule has 0 saturated carbocycles. The molecule has 0 fully saturated rings. The Hall–Kier alpha value is -2.70. The lowest BCUT2D eigenvalue weighted by Crippen LogP contribution is -2.22. The molecule has 4 nitrogen and oxygen atoms in total. The molecule has 2 aromatic carbocycles. The number of phenols is 1. The van der Waals surface area contributed by atoms with E-state index >= 15 is 0 Å². The summed E-state index contributed by atoms with van der Waals surface area (Å²) in [5, 5.41) is 10.0. The molecule has 0 aliphatic carbocycles. The average Bonchev–Trinajstić information content (AvgIpc) is 2.53. The zero-order valence-corrected chi connectivity index (χ0v) is 12.3. The standard InChI is InChI=1S/C16H13F3O4/c1-22-12-8-7-11(20)13(14(12)23-2)9-3-5-10(6-4-9)15(21)16(17,18)19/h3-8,20H,1-2H3. The highest BCUT2D eigenvalue weighted by Crippen LogP contribution is 2.43. The molecule has 122 valence electrons. The van der Waals surface area contributed by atoms with Crippen molar-refractivity contribution in [3.05, 3.63) is 42.0 Å². The van der Waals surface area contributed by atoms with Crippen molar-refractivity contribution in [3.63, 3.8) is 0 Å². The van der Waals surface area contributed by atoms with Crippen LogP contribution >= 0.6 is 0 Å². The van der Waals surface area contributed by atoms with Gasteiger partial charge in [-0.15, -0.1) is 0 Å². The molecule has 0 amide bonds. The number of rotatable bonds is 4. The van der Waals surface area contributed by atoms with Crippen molar-refractivity contribution in [2.24, 2.45) is 0 Å². The molecule has 2 aromatic rings. The van der Waals surface area contributed by atoms with E-state index in [1.54, 1.807) is 0 Å².